The number of hydrogen-bond acceptors (Lipinski definition) is 2. The fourth-order valence-corrected chi connectivity index (χ4v) is 5.03. The first-order valence-corrected chi connectivity index (χ1v) is 10.2. The molecule has 3 aromatic rings. The molecule has 1 saturated heterocycles. The number of aromatic nitrogens is 1. The summed E-state index contributed by atoms with van der Waals surface area (Å²) in [6.45, 7) is 7.70. The van der Waals surface area contributed by atoms with Crippen molar-refractivity contribution in [2.24, 2.45) is 0 Å². The van der Waals surface area contributed by atoms with Gasteiger partial charge >= 0.3 is 0 Å². The van der Waals surface area contributed by atoms with Crippen LogP contribution in [0.4, 0.5) is 0 Å². The second-order valence-corrected chi connectivity index (χ2v) is 8.56. The first-order chi connectivity index (χ1) is 13.1. The van der Waals surface area contributed by atoms with E-state index in [-0.39, 0.29) is 11.7 Å². The monoisotopic (exact) mass is 360 g/mol. The molecule has 27 heavy (non-hydrogen) atoms. The van der Waals surface area contributed by atoms with Gasteiger partial charge in [-0.05, 0) is 50.4 Å². The third-order valence-electron chi connectivity index (χ3n) is 6.37. The largest absolute Gasteiger partial charge is 0.364 e. The number of likely N-dealkylation sites (tertiary alicyclic amines) is 1. The molecule has 0 saturated carbocycles. The van der Waals surface area contributed by atoms with Crippen LogP contribution in [-0.4, -0.2) is 35.6 Å². The van der Waals surface area contributed by atoms with Gasteiger partial charge in [-0.1, -0.05) is 48.5 Å². The molecule has 5 rings (SSSR count). The first kappa shape index (κ1) is 17.0. The van der Waals surface area contributed by atoms with Crippen LogP contribution in [0.3, 0.4) is 0 Å². The van der Waals surface area contributed by atoms with E-state index in [0.717, 1.165) is 26.1 Å². The number of hydrogen-bond donors (Lipinski definition) is 1. The summed E-state index contributed by atoms with van der Waals surface area (Å²) in [4.78, 5) is 6.25. The summed E-state index contributed by atoms with van der Waals surface area (Å²) in [5, 5.41) is 1.39. The highest BCUT2D eigenvalue weighted by molar-refractivity contribution is 5.86. The van der Waals surface area contributed by atoms with Crippen molar-refractivity contribution >= 4 is 10.9 Å². The predicted octanol–water partition coefficient (Wildman–Crippen LogP) is 4.83. The smallest absolute Gasteiger partial charge is 0.103 e. The first-order valence-electron chi connectivity index (χ1n) is 10.2. The van der Waals surface area contributed by atoms with Crippen LogP contribution in [0.5, 0.6) is 0 Å². The molecule has 0 unspecified atom stereocenters. The summed E-state index contributed by atoms with van der Waals surface area (Å²) in [5.41, 5.74) is 5.19. The van der Waals surface area contributed by atoms with E-state index in [9.17, 15) is 0 Å². The van der Waals surface area contributed by atoms with Crippen LogP contribution in [0.25, 0.3) is 10.9 Å². The number of rotatable bonds is 3. The number of H-pyrrole nitrogens is 1. The van der Waals surface area contributed by atoms with E-state index >= 15 is 0 Å². The highest BCUT2D eigenvalue weighted by atomic mass is 16.5. The molecule has 1 fully saturated rings. The molecule has 3 nitrogen and oxygen atoms in total. The minimum Gasteiger partial charge on any atom is -0.364 e. The van der Waals surface area contributed by atoms with Crippen molar-refractivity contribution in [2.75, 3.05) is 19.6 Å². The molecule has 1 aromatic heterocycles. The van der Waals surface area contributed by atoms with Crippen molar-refractivity contribution in [1.82, 2.24) is 9.88 Å². The van der Waals surface area contributed by atoms with Crippen molar-refractivity contribution in [3.8, 4) is 0 Å². The molecule has 0 bridgehead atoms. The van der Waals surface area contributed by atoms with Crippen molar-refractivity contribution < 1.29 is 4.74 Å². The molecule has 1 N–H and O–H groups in total. The highest BCUT2D eigenvalue weighted by Crippen LogP contribution is 2.47. The van der Waals surface area contributed by atoms with Gasteiger partial charge in [0.1, 0.15) is 5.60 Å². The van der Waals surface area contributed by atoms with E-state index in [4.69, 9.17) is 4.74 Å². The van der Waals surface area contributed by atoms with E-state index in [1.807, 2.05) is 0 Å². The maximum Gasteiger partial charge on any atom is 0.103 e. The average molecular weight is 361 g/mol. The van der Waals surface area contributed by atoms with Crippen LogP contribution in [0.2, 0.25) is 0 Å². The predicted molar refractivity (Wildman–Crippen MR) is 110 cm³/mol. The minimum absolute atomic E-state index is 0.266. The summed E-state index contributed by atoms with van der Waals surface area (Å²) in [6.07, 6.45) is 2.56. The highest BCUT2D eigenvalue weighted by Gasteiger charge is 2.44. The van der Waals surface area contributed by atoms with E-state index in [2.05, 4.69) is 78.3 Å². The number of piperidine rings is 1. The third-order valence-corrected chi connectivity index (χ3v) is 6.37. The van der Waals surface area contributed by atoms with Gasteiger partial charge in [0.2, 0.25) is 0 Å². The molecular formula is C24H28N2O. The molecule has 3 heteroatoms. The Morgan fingerprint density at radius 3 is 2.70 bits per heavy atom. The van der Waals surface area contributed by atoms with Crippen molar-refractivity contribution in [2.45, 2.75) is 44.3 Å². The van der Waals surface area contributed by atoms with E-state index in [1.165, 1.54) is 34.1 Å². The number of benzene rings is 2. The molecule has 0 aliphatic carbocycles. The Morgan fingerprint density at radius 1 is 1.07 bits per heavy atom. The summed E-state index contributed by atoms with van der Waals surface area (Å²) in [5.74, 6) is 0.497. The van der Waals surface area contributed by atoms with Gasteiger partial charge in [-0.3, -0.25) is 0 Å². The van der Waals surface area contributed by atoms with Crippen LogP contribution in [0.1, 0.15) is 43.0 Å². The summed E-state index contributed by atoms with van der Waals surface area (Å²) in [7, 11) is 0. The Bertz CT molecular complexity index is 943. The number of aromatic amines is 1. The van der Waals surface area contributed by atoms with Gasteiger partial charge in [0.05, 0.1) is 11.8 Å². The van der Waals surface area contributed by atoms with Crippen LogP contribution in [0, 0.1) is 0 Å². The number of nitrogens with zero attached hydrogens (tertiary/aromatic N) is 1. The summed E-state index contributed by atoms with van der Waals surface area (Å²) < 4.78 is 6.64. The molecule has 140 valence electrons. The lowest BCUT2D eigenvalue weighted by Gasteiger charge is -2.46. The molecule has 0 radical (unpaired) electrons. The standard InChI is InChI=1S/C24H28N2O/c1-24(2)23-22(18-10-6-7-11-20(18)25-23)19-13-15-26(16-21(19)27-24)14-12-17-8-4-3-5-9-17/h3-11,19,21,25H,12-16H2,1-2H3/t19-,21-/m0/s1. The topological polar surface area (TPSA) is 28.3 Å². The van der Waals surface area contributed by atoms with E-state index < -0.39 is 0 Å². The average Bonchev–Trinajstić information content (AvgIpc) is 3.08. The Kier molecular flexibility index (Phi) is 4.10. The number of fused-ring (bicyclic) bond motifs is 5. The third kappa shape index (κ3) is 2.99. The lowest BCUT2D eigenvalue weighted by atomic mass is 9.79. The lowest BCUT2D eigenvalue weighted by molar-refractivity contribution is -0.124. The second kappa shape index (κ2) is 6.50. The van der Waals surface area contributed by atoms with Crippen LogP contribution < -0.4 is 0 Å². The number of nitrogens with one attached hydrogen (secondary N) is 1. The Morgan fingerprint density at radius 2 is 1.85 bits per heavy atom. The number of para-hydroxylation sites is 1. The Labute approximate surface area is 161 Å². The van der Waals surface area contributed by atoms with Crippen molar-refractivity contribution in [1.29, 1.82) is 0 Å². The molecule has 3 heterocycles. The Balaban J connectivity index is 1.39. The Hall–Kier alpha value is -2.10. The molecule has 0 amide bonds. The van der Waals surface area contributed by atoms with Gasteiger partial charge in [-0.2, -0.15) is 0 Å². The quantitative estimate of drug-likeness (QED) is 0.724. The second-order valence-electron chi connectivity index (χ2n) is 8.56. The maximum absolute atomic E-state index is 6.64. The molecule has 0 spiro atoms. The summed E-state index contributed by atoms with van der Waals surface area (Å²) in [6, 6.07) is 19.5. The van der Waals surface area contributed by atoms with Crippen LogP contribution in [0.15, 0.2) is 54.6 Å². The zero-order chi connectivity index (χ0) is 18.4. The summed E-state index contributed by atoms with van der Waals surface area (Å²) >= 11 is 0. The van der Waals surface area contributed by atoms with E-state index in [0.29, 0.717) is 5.92 Å². The minimum atomic E-state index is -0.266. The maximum atomic E-state index is 6.64. The number of ether oxygens (including phenoxy) is 1. The molecule has 2 aliphatic heterocycles. The van der Waals surface area contributed by atoms with Gasteiger partial charge in [0.25, 0.3) is 0 Å². The molecule has 2 aromatic carbocycles. The van der Waals surface area contributed by atoms with Gasteiger partial charge in [-0.15, -0.1) is 0 Å². The molecular weight excluding hydrogens is 332 g/mol. The van der Waals surface area contributed by atoms with Crippen LogP contribution in [-0.2, 0) is 16.8 Å². The fourth-order valence-electron chi connectivity index (χ4n) is 5.03. The van der Waals surface area contributed by atoms with Gasteiger partial charge in [0, 0.05) is 29.9 Å². The van der Waals surface area contributed by atoms with Crippen molar-refractivity contribution in [3.63, 3.8) is 0 Å². The molecule has 2 atom stereocenters. The van der Waals surface area contributed by atoms with Crippen molar-refractivity contribution in [3.05, 3.63) is 71.4 Å². The lowest BCUT2D eigenvalue weighted by Crippen LogP contribution is -2.50. The zero-order valence-electron chi connectivity index (χ0n) is 16.2. The van der Waals surface area contributed by atoms with Gasteiger partial charge in [-0.25, -0.2) is 0 Å². The van der Waals surface area contributed by atoms with Gasteiger partial charge < -0.3 is 14.6 Å². The van der Waals surface area contributed by atoms with E-state index in [1.54, 1.807) is 0 Å². The zero-order valence-corrected chi connectivity index (χ0v) is 16.2. The SMILES string of the molecule is CC1(C)O[C@H]2CN(CCc3ccccc3)CC[C@@H]2c2c1[nH]c1ccccc21. The van der Waals surface area contributed by atoms with Gasteiger partial charge in [0.15, 0.2) is 0 Å². The van der Waals surface area contributed by atoms with Crippen LogP contribution >= 0.6 is 0 Å². The normalized spacial score (nSPS) is 24.5. The fraction of sp³-hybridized carbons (Fsp3) is 0.417. The molecule has 2 aliphatic rings.